The Bertz CT molecular complexity index is 516. The van der Waals surface area contributed by atoms with Crippen molar-refractivity contribution in [3.63, 3.8) is 0 Å². The van der Waals surface area contributed by atoms with Crippen LogP contribution in [0, 0.1) is 0 Å². The van der Waals surface area contributed by atoms with E-state index in [9.17, 15) is 4.79 Å². The molecule has 0 N–H and O–H groups in total. The second kappa shape index (κ2) is 5.63. The van der Waals surface area contributed by atoms with E-state index in [4.69, 9.17) is 0 Å². The summed E-state index contributed by atoms with van der Waals surface area (Å²) in [6.07, 6.45) is 4.06. The third-order valence-electron chi connectivity index (χ3n) is 3.26. The minimum absolute atomic E-state index is 0.0757. The first-order chi connectivity index (χ1) is 8.72. The van der Waals surface area contributed by atoms with Gasteiger partial charge in [0.25, 0.3) is 0 Å². The van der Waals surface area contributed by atoms with Crippen molar-refractivity contribution in [3.05, 3.63) is 54.1 Å². The molecule has 1 atom stereocenters. The van der Waals surface area contributed by atoms with Crippen LogP contribution in [0.5, 0.6) is 0 Å². The number of carbonyl (C=O) groups is 1. The molecule has 94 valence electrons. The fourth-order valence-corrected chi connectivity index (χ4v) is 2.03. The van der Waals surface area contributed by atoms with Crippen molar-refractivity contribution in [2.45, 2.75) is 32.7 Å². The molecule has 0 radical (unpaired) electrons. The van der Waals surface area contributed by atoms with Crippen LogP contribution in [0.1, 0.15) is 31.2 Å². The van der Waals surface area contributed by atoms with Gasteiger partial charge in [0.1, 0.15) is 11.6 Å². The average Bonchev–Trinajstić information content (AvgIpc) is 2.86. The van der Waals surface area contributed by atoms with E-state index in [0.29, 0.717) is 6.42 Å². The van der Waals surface area contributed by atoms with E-state index in [0.717, 1.165) is 17.9 Å². The maximum atomic E-state index is 12.2. The summed E-state index contributed by atoms with van der Waals surface area (Å²) in [5, 5.41) is 0. The highest BCUT2D eigenvalue weighted by atomic mass is 16.1. The Morgan fingerprint density at radius 1 is 1.33 bits per heavy atom. The number of Topliss-reactive ketones (excluding diaryl/α,β-unsaturated/α-hetero) is 1. The van der Waals surface area contributed by atoms with Gasteiger partial charge in [0.15, 0.2) is 0 Å². The summed E-state index contributed by atoms with van der Waals surface area (Å²) >= 11 is 0. The smallest absolute Gasteiger partial charge is 0.147 e. The molecule has 0 aliphatic carbocycles. The van der Waals surface area contributed by atoms with E-state index in [1.165, 1.54) is 0 Å². The van der Waals surface area contributed by atoms with Gasteiger partial charge in [-0.3, -0.25) is 4.79 Å². The molecule has 0 aliphatic heterocycles. The number of nitrogens with zero attached hydrogens (tertiary/aromatic N) is 2. The van der Waals surface area contributed by atoms with Crippen molar-refractivity contribution in [3.8, 4) is 0 Å². The van der Waals surface area contributed by atoms with Gasteiger partial charge in [0, 0.05) is 24.9 Å². The molecule has 1 aromatic carbocycles. The molecule has 0 fully saturated rings. The normalized spacial score (nSPS) is 12.3. The maximum Gasteiger partial charge on any atom is 0.147 e. The largest absolute Gasteiger partial charge is 0.335 e. The number of imidazole rings is 1. The molecule has 0 saturated heterocycles. The van der Waals surface area contributed by atoms with E-state index < -0.39 is 0 Å². The Balaban J connectivity index is 2.09. The molecule has 1 heterocycles. The summed E-state index contributed by atoms with van der Waals surface area (Å²) in [5.74, 6) is 0.987. The Labute approximate surface area is 107 Å². The number of rotatable bonds is 5. The van der Waals surface area contributed by atoms with E-state index in [-0.39, 0.29) is 11.7 Å². The lowest BCUT2D eigenvalue weighted by Gasteiger charge is -2.11. The predicted octanol–water partition coefficient (Wildman–Crippen LogP) is 2.82. The third kappa shape index (κ3) is 2.67. The van der Waals surface area contributed by atoms with Crippen molar-refractivity contribution in [1.82, 2.24) is 9.55 Å². The van der Waals surface area contributed by atoms with Gasteiger partial charge in [-0.25, -0.2) is 4.98 Å². The summed E-state index contributed by atoms with van der Waals surface area (Å²) in [7, 11) is 0. The van der Waals surface area contributed by atoms with E-state index in [1.807, 2.05) is 48.0 Å². The summed E-state index contributed by atoms with van der Waals surface area (Å²) in [6.45, 7) is 4.86. The van der Waals surface area contributed by atoms with Crippen LogP contribution in [-0.4, -0.2) is 15.3 Å². The number of aryl methyl sites for hydroxylation is 1. The third-order valence-corrected chi connectivity index (χ3v) is 3.26. The van der Waals surface area contributed by atoms with Crippen molar-refractivity contribution < 1.29 is 4.79 Å². The number of ketones is 1. The Kier molecular flexibility index (Phi) is 3.92. The molecule has 2 rings (SSSR count). The SMILES string of the molecule is CCn1ccnc1CC(=O)C(C)c1ccccc1. The number of benzene rings is 1. The lowest BCUT2D eigenvalue weighted by atomic mass is 9.95. The lowest BCUT2D eigenvalue weighted by Crippen LogP contribution is -2.15. The zero-order valence-electron chi connectivity index (χ0n) is 10.8. The molecule has 1 unspecified atom stereocenters. The van der Waals surface area contributed by atoms with Crippen molar-refractivity contribution in [2.75, 3.05) is 0 Å². The van der Waals surface area contributed by atoms with E-state index in [2.05, 4.69) is 11.9 Å². The van der Waals surface area contributed by atoms with Gasteiger partial charge < -0.3 is 4.57 Å². The van der Waals surface area contributed by atoms with Crippen LogP contribution >= 0.6 is 0 Å². The van der Waals surface area contributed by atoms with Gasteiger partial charge >= 0.3 is 0 Å². The van der Waals surface area contributed by atoms with Gasteiger partial charge in [0.2, 0.25) is 0 Å². The van der Waals surface area contributed by atoms with Crippen molar-refractivity contribution >= 4 is 5.78 Å². The van der Waals surface area contributed by atoms with Crippen LogP contribution in [-0.2, 0) is 17.8 Å². The monoisotopic (exact) mass is 242 g/mol. The van der Waals surface area contributed by atoms with Crippen molar-refractivity contribution in [1.29, 1.82) is 0 Å². The zero-order valence-corrected chi connectivity index (χ0v) is 10.8. The van der Waals surface area contributed by atoms with Gasteiger partial charge in [-0.05, 0) is 12.5 Å². The number of hydrogen-bond acceptors (Lipinski definition) is 2. The Morgan fingerprint density at radius 3 is 2.72 bits per heavy atom. The summed E-state index contributed by atoms with van der Waals surface area (Å²) in [4.78, 5) is 16.5. The highest BCUT2D eigenvalue weighted by Crippen LogP contribution is 2.17. The molecule has 2 aromatic rings. The van der Waals surface area contributed by atoms with Crippen LogP contribution in [0.4, 0.5) is 0 Å². The minimum Gasteiger partial charge on any atom is -0.335 e. The molecule has 0 amide bonds. The molecule has 0 bridgehead atoms. The zero-order chi connectivity index (χ0) is 13.0. The Morgan fingerprint density at radius 2 is 2.06 bits per heavy atom. The molecule has 3 heteroatoms. The molecule has 0 spiro atoms. The van der Waals surface area contributed by atoms with Gasteiger partial charge in [-0.15, -0.1) is 0 Å². The first-order valence-electron chi connectivity index (χ1n) is 6.30. The highest BCUT2D eigenvalue weighted by Gasteiger charge is 2.17. The molecular weight excluding hydrogens is 224 g/mol. The number of carbonyl (C=O) groups excluding carboxylic acids is 1. The topological polar surface area (TPSA) is 34.9 Å². The first-order valence-corrected chi connectivity index (χ1v) is 6.30. The lowest BCUT2D eigenvalue weighted by molar-refractivity contribution is -0.119. The van der Waals surface area contributed by atoms with Crippen LogP contribution in [0.25, 0.3) is 0 Å². The van der Waals surface area contributed by atoms with Crippen LogP contribution < -0.4 is 0 Å². The van der Waals surface area contributed by atoms with Gasteiger partial charge in [-0.2, -0.15) is 0 Å². The summed E-state index contributed by atoms with van der Waals surface area (Å²) in [6, 6.07) is 9.88. The number of hydrogen-bond donors (Lipinski definition) is 0. The molecule has 0 aliphatic rings. The molecule has 3 nitrogen and oxygen atoms in total. The molecular formula is C15H18N2O. The predicted molar refractivity (Wildman–Crippen MR) is 71.5 cm³/mol. The molecule has 0 saturated carbocycles. The average molecular weight is 242 g/mol. The highest BCUT2D eigenvalue weighted by molar-refractivity contribution is 5.86. The molecule has 1 aromatic heterocycles. The minimum atomic E-state index is -0.0757. The molecule has 18 heavy (non-hydrogen) atoms. The number of aromatic nitrogens is 2. The first kappa shape index (κ1) is 12.6. The van der Waals surface area contributed by atoms with Crippen LogP contribution in [0.15, 0.2) is 42.7 Å². The van der Waals surface area contributed by atoms with E-state index in [1.54, 1.807) is 6.20 Å². The second-order valence-electron chi connectivity index (χ2n) is 4.40. The fourth-order valence-electron chi connectivity index (χ4n) is 2.03. The second-order valence-corrected chi connectivity index (χ2v) is 4.40. The fraction of sp³-hybridized carbons (Fsp3) is 0.333. The van der Waals surface area contributed by atoms with Crippen molar-refractivity contribution in [2.24, 2.45) is 0 Å². The van der Waals surface area contributed by atoms with Gasteiger partial charge in [0.05, 0.1) is 6.42 Å². The standard InChI is InChI=1S/C15H18N2O/c1-3-17-10-9-16-15(17)11-14(18)12(2)13-7-5-4-6-8-13/h4-10,12H,3,11H2,1-2H3. The summed E-state index contributed by atoms with van der Waals surface area (Å²) in [5.41, 5.74) is 1.07. The van der Waals surface area contributed by atoms with Crippen LogP contribution in [0.3, 0.4) is 0 Å². The van der Waals surface area contributed by atoms with Crippen LogP contribution in [0.2, 0.25) is 0 Å². The maximum absolute atomic E-state index is 12.2. The van der Waals surface area contributed by atoms with Gasteiger partial charge in [-0.1, -0.05) is 37.3 Å². The quantitative estimate of drug-likeness (QED) is 0.808. The van der Waals surface area contributed by atoms with E-state index >= 15 is 0 Å². The summed E-state index contributed by atoms with van der Waals surface area (Å²) < 4.78 is 2.01. The Hall–Kier alpha value is -1.90.